The van der Waals surface area contributed by atoms with Crippen molar-refractivity contribution in [3.8, 4) is 0 Å². The van der Waals surface area contributed by atoms with Crippen LogP contribution in [0.2, 0.25) is 0 Å². The minimum Gasteiger partial charge on any atom is -0.394 e. The van der Waals surface area contributed by atoms with Crippen molar-refractivity contribution in [1.29, 1.82) is 0 Å². The fraction of sp³-hybridized carbons (Fsp3) is 0.727. The second-order valence-corrected chi connectivity index (χ2v) is 4.90. The Labute approximate surface area is 120 Å². The quantitative estimate of drug-likeness (QED) is 0.276. The number of nitrogens with two attached hydrogens (primary N) is 1. The van der Waals surface area contributed by atoms with Gasteiger partial charge in [0.1, 0.15) is 30.6 Å². The van der Waals surface area contributed by atoms with Crippen molar-refractivity contribution < 1.29 is 35.1 Å². The first kappa shape index (κ1) is 16.1. The maximum atomic E-state index is 11.9. The molecule has 2 heterocycles. The summed E-state index contributed by atoms with van der Waals surface area (Å²) in [5, 5.41) is 50.1. The van der Waals surface area contributed by atoms with Crippen molar-refractivity contribution in [3.63, 3.8) is 0 Å². The molecule has 0 bridgehead atoms. The van der Waals surface area contributed by atoms with Gasteiger partial charge in [-0.2, -0.15) is 0 Å². The Bertz CT molecular complexity index is 430. The van der Waals surface area contributed by atoms with Crippen LogP contribution in [0, 0.1) is 0 Å². The van der Waals surface area contributed by atoms with Crippen LogP contribution in [0.5, 0.6) is 0 Å². The van der Waals surface area contributed by atoms with Gasteiger partial charge in [-0.15, -0.1) is 0 Å². The van der Waals surface area contributed by atoms with E-state index in [0.29, 0.717) is 0 Å². The Morgan fingerprint density at radius 1 is 1.24 bits per heavy atom. The first-order valence-electron chi connectivity index (χ1n) is 6.37. The van der Waals surface area contributed by atoms with E-state index in [0.717, 1.165) is 4.90 Å². The second-order valence-electron chi connectivity index (χ2n) is 4.90. The molecule has 0 spiro atoms. The number of rotatable bonds is 3. The van der Waals surface area contributed by atoms with E-state index in [2.05, 4.69) is 5.32 Å². The first-order valence-corrected chi connectivity index (χ1v) is 6.37. The maximum Gasteiger partial charge on any atom is 0.325 e. The van der Waals surface area contributed by atoms with E-state index in [9.17, 15) is 20.1 Å². The number of amides is 2. The summed E-state index contributed by atoms with van der Waals surface area (Å²) in [6.45, 7) is -1.04. The van der Waals surface area contributed by atoms with Gasteiger partial charge < -0.3 is 41.3 Å². The molecule has 2 amide bonds. The number of nitrogens with one attached hydrogen (secondary N) is 1. The summed E-state index contributed by atoms with van der Waals surface area (Å²) >= 11 is 0. The molecule has 8 N–H and O–H groups in total. The molecule has 0 aromatic carbocycles. The SMILES string of the molecule is NC1C(CO)=CNC(=O)N1C1O[C@H](CO)[C@@H](O)[C@H](O)[C@H]1O. The zero-order valence-corrected chi connectivity index (χ0v) is 11.0. The van der Waals surface area contributed by atoms with Crippen LogP contribution in [0.15, 0.2) is 11.8 Å². The number of carbonyl (C=O) groups is 1. The molecule has 2 aliphatic heterocycles. The molecule has 2 aliphatic rings. The van der Waals surface area contributed by atoms with E-state index in [1.54, 1.807) is 0 Å². The number of aliphatic hydroxyl groups excluding tert-OH is 5. The van der Waals surface area contributed by atoms with Gasteiger partial charge in [0.25, 0.3) is 0 Å². The number of carbonyl (C=O) groups excluding carboxylic acids is 1. The lowest BCUT2D eigenvalue weighted by Gasteiger charge is -2.47. The highest BCUT2D eigenvalue weighted by Crippen LogP contribution is 2.26. The number of hydrogen-bond acceptors (Lipinski definition) is 8. The van der Waals surface area contributed by atoms with Gasteiger partial charge in [-0.25, -0.2) is 4.79 Å². The monoisotopic (exact) mass is 305 g/mol. The molecule has 120 valence electrons. The van der Waals surface area contributed by atoms with Gasteiger partial charge in [-0.3, -0.25) is 4.90 Å². The molecule has 10 heteroatoms. The van der Waals surface area contributed by atoms with Crippen LogP contribution in [-0.2, 0) is 4.74 Å². The molecule has 1 saturated heterocycles. The Hall–Kier alpha value is -1.27. The van der Waals surface area contributed by atoms with Gasteiger partial charge in [-0.1, -0.05) is 0 Å². The van der Waals surface area contributed by atoms with Crippen molar-refractivity contribution in [1.82, 2.24) is 10.2 Å². The highest BCUT2D eigenvalue weighted by Gasteiger charge is 2.49. The summed E-state index contributed by atoms with van der Waals surface area (Å²) in [5.41, 5.74) is 6.09. The standard InChI is InChI=1S/C11H19N3O7/c12-9-4(2-15)1-13-11(20)14(9)10-8(19)7(18)6(17)5(3-16)21-10/h1,5-10,15-19H,2-3,12H2,(H,13,20)/t5-,6-,7+,8-,9?,10?/m1/s1. The lowest BCUT2D eigenvalue weighted by Crippen LogP contribution is -2.69. The van der Waals surface area contributed by atoms with E-state index in [1.165, 1.54) is 6.20 Å². The van der Waals surface area contributed by atoms with Crippen LogP contribution in [-0.4, -0.2) is 86.5 Å². The summed E-state index contributed by atoms with van der Waals surface area (Å²) in [7, 11) is 0. The number of ether oxygens (including phenoxy) is 1. The highest BCUT2D eigenvalue weighted by molar-refractivity contribution is 5.77. The average molecular weight is 305 g/mol. The third-order valence-electron chi connectivity index (χ3n) is 3.62. The van der Waals surface area contributed by atoms with E-state index < -0.39 is 56.1 Å². The lowest BCUT2D eigenvalue weighted by molar-refractivity contribution is -0.260. The van der Waals surface area contributed by atoms with Crippen molar-refractivity contribution in [3.05, 3.63) is 11.8 Å². The Balaban J connectivity index is 2.26. The topological polar surface area (TPSA) is 169 Å². The molecular formula is C11H19N3O7. The molecule has 6 atom stereocenters. The zero-order valence-electron chi connectivity index (χ0n) is 11.0. The van der Waals surface area contributed by atoms with E-state index in [-0.39, 0.29) is 5.57 Å². The molecule has 0 aliphatic carbocycles. The molecular weight excluding hydrogens is 286 g/mol. The molecule has 0 saturated carbocycles. The van der Waals surface area contributed by atoms with Crippen LogP contribution in [0.4, 0.5) is 4.79 Å². The molecule has 0 aromatic heterocycles. The van der Waals surface area contributed by atoms with Gasteiger partial charge in [0, 0.05) is 11.8 Å². The number of urea groups is 1. The summed E-state index contributed by atoms with van der Waals surface area (Å²) < 4.78 is 5.27. The van der Waals surface area contributed by atoms with Crippen LogP contribution in [0.1, 0.15) is 0 Å². The second kappa shape index (κ2) is 6.23. The van der Waals surface area contributed by atoms with Gasteiger partial charge in [0.05, 0.1) is 13.2 Å². The molecule has 2 rings (SSSR count). The maximum absolute atomic E-state index is 11.9. The first-order chi connectivity index (χ1) is 9.92. The summed E-state index contributed by atoms with van der Waals surface area (Å²) in [6.07, 6.45) is -7.15. The van der Waals surface area contributed by atoms with E-state index >= 15 is 0 Å². The van der Waals surface area contributed by atoms with Gasteiger partial charge in [-0.05, 0) is 0 Å². The smallest absolute Gasteiger partial charge is 0.325 e. The van der Waals surface area contributed by atoms with Gasteiger partial charge >= 0.3 is 6.03 Å². The predicted octanol–water partition coefficient (Wildman–Crippen LogP) is -4.03. The van der Waals surface area contributed by atoms with Crippen LogP contribution < -0.4 is 11.1 Å². The fourth-order valence-corrected chi connectivity index (χ4v) is 2.34. The molecule has 0 radical (unpaired) electrons. The van der Waals surface area contributed by atoms with Crippen molar-refractivity contribution in [2.75, 3.05) is 13.2 Å². The summed E-state index contributed by atoms with van der Waals surface area (Å²) in [5.74, 6) is 0. The number of hydrogen-bond donors (Lipinski definition) is 7. The zero-order chi connectivity index (χ0) is 15.7. The number of nitrogens with zero attached hydrogens (tertiary/aromatic N) is 1. The molecule has 21 heavy (non-hydrogen) atoms. The largest absolute Gasteiger partial charge is 0.394 e. The molecule has 0 aromatic rings. The van der Waals surface area contributed by atoms with Crippen LogP contribution >= 0.6 is 0 Å². The van der Waals surface area contributed by atoms with Crippen LogP contribution in [0.25, 0.3) is 0 Å². The van der Waals surface area contributed by atoms with E-state index in [1.807, 2.05) is 0 Å². The Morgan fingerprint density at radius 2 is 1.90 bits per heavy atom. The van der Waals surface area contributed by atoms with Crippen molar-refractivity contribution >= 4 is 6.03 Å². The van der Waals surface area contributed by atoms with Gasteiger partial charge in [0.15, 0.2) is 6.23 Å². The Kier molecular flexibility index (Phi) is 4.78. The predicted molar refractivity (Wildman–Crippen MR) is 67.3 cm³/mol. The highest BCUT2D eigenvalue weighted by atomic mass is 16.6. The fourth-order valence-electron chi connectivity index (χ4n) is 2.34. The molecule has 10 nitrogen and oxygen atoms in total. The normalized spacial score (nSPS) is 40.8. The lowest BCUT2D eigenvalue weighted by atomic mass is 9.97. The minimum atomic E-state index is -1.63. The van der Waals surface area contributed by atoms with Crippen molar-refractivity contribution in [2.45, 2.75) is 36.8 Å². The Morgan fingerprint density at radius 3 is 2.48 bits per heavy atom. The third kappa shape index (κ3) is 2.74. The number of aliphatic hydroxyl groups is 5. The average Bonchev–Trinajstić information content (AvgIpc) is 2.47. The van der Waals surface area contributed by atoms with Crippen LogP contribution in [0.3, 0.4) is 0 Å². The summed E-state index contributed by atoms with van der Waals surface area (Å²) in [4.78, 5) is 12.8. The summed E-state index contributed by atoms with van der Waals surface area (Å²) in [6, 6.07) is -0.705. The minimum absolute atomic E-state index is 0.270. The van der Waals surface area contributed by atoms with Crippen molar-refractivity contribution in [2.24, 2.45) is 5.73 Å². The third-order valence-corrected chi connectivity index (χ3v) is 3.62. The molecule has 1 fully saturated rings. The molecule has 2 unspecified atom stereocenters. The van der Waals surface area contributed by atoms with E-state index in [4.69, 9.17) is 20.7 Å². The van der Waals surface area contributed by atoms with Gasteiger partial charge in [0.2, 0.25) is 0 Å².